The van der Waals surface area contributed by atoms with Crippen molar-refractivity contribution in [2.24, 2.45) is 7.05 Å². The van der Waals surface area contributed by atoms with Crippen LogP contribution in [-0.4, -0.2) is 35.7 Å². The molecule has 0 fully saturated rings. The summed E-state index contributed by atoms with van der Waals surface area (Å²) >= 11 is 0.990. The van der Waals surface area contributed by atoms with Crippen LogP contribution in [0, 0.1) is 6.92 Å². The average molecular weight is 385 g/mol. The second-order valence-electron chi connectivity index (χ2n) is 6.09. The molecule has 0 radical (unpaired) electrons. The zero-order chi connectivity index (χ0) is 19.7. The van der Waals surface area contributed by atoms with Crippen LogP contribution in [-0.2, 0) is 22.9 Å². The van der Waals surface area contributed by atoms with Crippen molar-refractivity contribution >= 4 is 28.6 Å². The van der Waals surface area contributed by atoms with Crippen LogP contribution in [0.5, 0.6) is 0 Å². The SMILES string of the molecule is COC(=O)Sc1ccccc1Cc1c2c(n(C)c1C)C(=O)C=C(OC)C2=O. The normalized spacial score (nSPS) is 13.3. The molecule has 27 heavy (non-hydrogen) atoms. The van der Waals surface area contributed by atoms with Gasteiger partial charge in [-0.15, -0.1) is 0 Å². The first kappa shape index (κ1) is 19.0. The molecule has 0 N–H and O–H groups in total. The Labute approximate surface area is 161 Å². The summed E-state index contributed by atoms with van der Waals surface area (Å²) < 4.78 is 11.6. The summed E-state index contributed by atoms with van der Waals surface area (Å²) in [4.78, 5) is 37.8. The van der Waals surface area contributed by atoms with Crippen molar-refractivity contribution in [3.8, 4) is 0 Å². The molecule has 0 atom stereocenters. The van der Waals surface area contributed by atoms with Gasteiger partial charge in [0.05, 0.1) is 19.8 Å². The van der Waals surface area contributed by atoms with Crippen LogP contribution < -0.4 is 0 Å². The van der Waals surface area contributed by atoms with Crippen LogP contribution in [0.15, 0.2) is 41.0 Å². The molecule has 140 valence electrons. The monoisotopic (exact) mass is 385 g/mol. The Morgan fingerprint density at radius 3 is 2.56 bits per heavy atom. The molecule has 1 aromatic heterocycles. The van der Waals surface area contributed by atoms with Crippen molar-refractivity contribution in [3.05, 3.63) is 64.2 Å². The van der Waals surface area contributed by atoms with E-state index < -0.39 is 5.30 Å². The van der Waals surface area contributed by atoms with E-state index in [-0.39, 0.29) is 17.3 Å². The predicted molar refractivity (Wildman–Crippen MR) is 101 cm³/mol. The molecule has 1 heterocycles. The van der Waals surface area contributed by atoms with Crippen LogP contribution in [0.25, 0.3) is 0 Å². The van der Waals surface area contributed by atoms with Gasteiger partial charge in [-0.1, -0.05) is 18.2 Å². The summed E-state index contributed by atoms with van der Waals surface area (Å²) in [5, 5.41) is -0.412. The van der Waals surface area contributed by atoms with Crippen LogP contribution >= 0.6 is 11.8 Å². The number of rotatable bonds is 4. The molecular weight excluding hydrogens is 366 g/mol. The molecule has 6 nitrogen and oxygen atoms in total. The van der Waals surface area contributed by atoms with E-state index in [1.807, 2.05) is 31.2 Å². The molecule has 0 unspecified atom stereocenters. The Balaban J connectivity index is 2.09. The molecule has 2 aromatic rings. The number of methoxy groups -OCH3 is 2. The fraction of sp³-hybridized carbons (Fsp3) is 0.250. The minimum Gasteiger partial charge on any atom is -0.492 e. The van der Waals surface area contributed by atoms with Gasteiger partial charge in [0, 0.05) is 30.1 Å². The highest BCUT2D eigenvalue weighted by Gasteiger charge is 2.34. The molecule has 3 rings (SSSR count). The number of allylic oxidation sites excluding steroid dienone is 2. The van der Waals surface area contributed by atoms with Gasteiger partial charge in [0.1, 0.15) is 5.69 Å². The lowest BCUT2D eigenvalue weighted by Gasteiger charge is -2.14. The van der Waals surface area contributed by atoms with Crippen molar-refractivity contribution in [2.45, 2.75) is 18.2 Å². The molecule has 1 aliphatic carbocycles. The lowest BCUT2D eigenvalue weighted by molar-refractivity contribution is 0.0913. The highest BCUT2D eigenvalue weighted by atomic mass is 32.2. The highest BCUT2D eigenvalue weighted by Crippen LogP contribution is 2.33. The number of hydrogen-bond donors (Lipinski definition) is 0. The number of carbonyl (C=O) groups excluding carboxylic acids is 3. The molecule has 0 saturated heterocycles. The van der Waals surface area contributed by atoms with Crippen molar-refractivity contribution in [1.82, 2.24) is 4.57 Å². The second kappa shape index (κ2) is 7.44. The number of carbonyl (C=O) groups is 3. The molecule has 0 spiro atoms. The topological polar surface area (TPSA) is 74.6 Å². The lowest BCUT2D eigenvalue weighted by Crippen LogP contribution is -2.20. The third kappa shape index (κ3) is 3.30. The Bertz CT molecular complexity index is 986. The zero-order valence-corrected chi connectivity index (χ0v) is 16.3. The Morgan fingerprint density at radius 2 is 1.89 bits per heavy atom. The van der Waals surface area contributed by atoms with Crippen LogP contribution in [0.2, 0.25) is 0 Å². The molecule has 0 saturated carbocycles. The van der Waals surface area contributed by atoms with Gasteiger partial charge in [-0.05, 0) is 35.9 Å². The fourth-order valence-corrected chi connectivity index (χ4v) is 3.89. The number of aromatic nitrogens is 1. The van der Waals surface area contributed by atoms with E-state index in [0.717, 1.165) is 33.5 Å². The standard InChI is InChI=1S/C20H19NO5S/c1-11-13(9-12-7-5-6-8-16(12)27-20(24)26-4)17-18(21(11)2)14(22)10-15(25-3)19(17)23/h5-8,10H,9H2,1-4H3. The van der Waals surface area contributed by atoms with E-state index in [9.17, 15) is 14.4 Å². The van der Waals surface area contributed by atoms with E-state index in [4.69, 9.17) is 9.47 Å². The lowest BCUT2D eigenvalue weighted by atomic mass is 9.93. The number of nitrogens with zero attached hydrogens (tertiary/aromatic N) is 1. The molecule has 1 aliphatic rings. The zero-order valence-electron chi connectivity index (χ0n) is 15.5. The maximum atomic E-state index is 12.8. The molecule has 0 amide bonds. The second-order valence-corrected chi connectivity index (χ2v) is 7.07. The van der Waals surface area contributed by atoms with Gasteiger partial charge in [-0.25, -0.2) is 4.79 Å². The van der Waals surface area contributed by atoms with Gasteiger partial charge in [-0.3, -0.25) is 9.59 Å². The number of ether oxygens (including phenoxy) is 2. The van der Waals surface area contributed by atoms with Gasteiger partial charge < -0.3 is 14.0 Å². The fourth-order valence-electron chi connectivity index (χ4n) is 3.21. The molecular formula is C20H19NO5S. The number of ketones is 2. The number of thioether (sulfide) groups is 1. The Hall–Kier alpha value is -2.80. The van der Waals surface area contributed by atoms with E-state index in [2.05, 4.69) is 0 Å². The van der Waals surface area contributed by atoms with E-state index in [0.29, 0.717) is 17.7 Å². The van der Waals surface area contributed by atoms with Gasteiger partial charge in [0.25, 0.3) is 0 Å². The smallest absolute Gasteiger partial charge is 0.371 e. The van der Waals surface area contributed by atoms with Crippen molar-refractivity contribution in [3.63, 3.8) is 0 Å². The van der Waals surface area contributed by atoms with Crippen LogP contribution in [0.1, 0.15) is 37.7 Å². The summed E-state index contributed by atoms with van der Waals surface area (Å²) in [7, 11) is 4.47. The maximum absolute atomic E-state index is 12.8. The third-order valence-electron chi connectivity index (χ3n) is 4.68. The highest BCUT2D eigenvalue weighted by molar-refractivity contribution is 8.13. The number of hydrogen-bond acceptors (Lipinski definition) is 6. The van der Waals surface area contributed by atoms with Crippen molar-refractivity contribution < 1.29 is 23.9 Å². The first-order valence-corrected chi connectivity index (χ1v) is 9.07. The van der Waals surface area contributed by atoms with Gasteiger partial charge in [0.2, 0.25) is 11.6 Å². The number of Topliss-reactive ketones (excluding diaryl/α,β-unsaturated/α-hetero) is 1. The Morgan fingerprint density at radius 1 is 1.19 bits per heavy atom. The molecule has 0 aliphatic heterocycles. The molecule has 7 heteroatoms. The summed E-state index contributed by atoms with van der Waals surface area (Å²) in [5.74, 6) is -0.518. The summed E-state index contributed by atoms with van der Waals surface area (Å²) in [6.45, 7) is 1.87. The van der Waals surface area contributed by atoms with Gasteiger partial charge >= 0.3 is 5.30 Å². The minimum absolute atomic E-state index is 0.0385. The first-order valence-electron chi connectivity index (χ1n) is 8.25. The van der Waals surface area contributed by atoms with Crippen molar-refractivity contribution in [2.75, 3.05) is 14.2 Å². The third-order valence-corrected chi connectivity index (χ3v) is 5.63. The number of benzene rings is 1. The number of fused-ring (bicyclic) bond motifs is 1. The average Bonchev–Trinajstić information content (AvgIpc) is 2.91. The van der Waals surface area contributed by atoms with Gasteiger partial charge in [0.15, 0.2) is 5.76 Å². The van der Waals surface area contributed by atoms with E-state index in [1.165, 1.54) is 20.3 Å². The van der Waals surface area contributed by atoms with Crippen LogP contribution in [0.3, 0.4) is 0 Å². The summed E-state index contributed by atoms with van der Waals surface area (Å²) in [6.07, 6.45) is 1.64. The van der Waals surface area contributed by atoms with E-state index in [1.54, 1.807) is 11.6 Å². The molecule has 1 aromatic carbocycles. The summed E-state index contributed by atoms with van der Waals surface area (Å²) in [5.41, 5.74) is 3.19. The maximum Gasteiger partial charge on any atom is 0.371 e. The van der Waals surface area contributed by atoms with Crippen LogP contribution in [0.4, 0.5) is 4.79 Å². The largest absolute Gasteiger partial charge is 0.492 e. The first-order chi connectivity index (χ1) is 12.9. The predicted octanol–water partition coefficient (Wildman–Crippen LogP) is 3.69. The molecule has 0 bridgehead atoms. The van der Waals surface area contributed by atoms with Gasteiger partial charge in [-0.2, -0.15) is 0 Å². The van der Waals surface area contributed by atoms with E-state index >= 15 is 0 Å². The minimum atomic E-state index is -0.412. The van der Waals surface area contributed by atoms with Crippen molar-refractivity contribution in [1.29, 1.82) is 0 Å². The summed E-state index contributed by atoms with van der Waals surface area (Å²) in [6, 6.07) is 7.43. The Kier molecular flexibility index (Phi) is 5.23. The quantitative estimate of drug-likeness (QED) is 0.590.